The van der Waals surface area contributed by atoms with Gasteiger partial charge < -0.3 is 10.3 Å². The number of aromatic nitrogens is 2. The van der Waals surface area contributed by atoms with Gasteiger partial charge in [-0.1, -0.05) is 36.7 Å². The van der Waals surface area contributed by atoms with E-state index in [4.69, 9.17) is 17.3 Å². The summed E-state index contributed by atoms with van der Waals surface area (Å²) in [7, 11) is 0. The van der Waals surface area contributed by atoms with Crippen LogP contribution in [0.15, 0.2) is 36.7 Å². The lowest BCUT2D eigenvalue weighted by Gasteiger charge is -2.25. The largest absolute Gasteiger partial charge is 0.326 e. The fourth-order valence-electron chi connectivity index (χ4n) is 2.27. The zero-order valence-corrected chi connectivity index (χ0v) is 11.4. The molecule has 0 fully saturated rings. The molecule has 2 aromatic rings. The third kappa shape index (κ3) is 2.42. The van der Waals surface area contributed by atoms with Crippen molar-refractivity contribution >= 4 is 11.6 Å². The number of imidazole rings is 1. The maximum Gasteiger partial charge on any atom is 0.108 e. The van der Waals surface area contributed by atoms with Gasteiger partial charge in [0.05, 0.1) is 6.04 Å². The summed E-state index contributed by atoms with van der Waals surface area (Å²) < 4.78 is 2.12. The van der Waals surface area contributed by atoms with Crippen molar-refractivity contribution in [2.45, 2.75) is 32.4 Å². The lowest BCUT2D eigenvalue weighted by molar-refractivity contribution is 0.481. The van der Waals surface area contributed by atoms with Gasteiger partial charge in [-0.2, -0.15) is 0 Å². The van der Waals surface area contributed by atoms with Crippen LogP contribution in [0, 0.1) is 0 Å². The summed E-state index contributed by atoms with van der Waals surface area (Å²) in [5, 5.41) is 0.746. The van der Waals surface area contributed by atoms with E-state index in [-0.39, 0.29) is 12.1 Å². The Balaban J connectivity index is 2.51. The fraction of sp³-hybridized carbons (Fsp3) is 0.357. The van der Waals surface area contributed by atoms with Crippen LogP contribution in [0.4, 0.5) is 0 Å². The molecule has 0 saturated carbocycles. The van der Waals surface area contributed by atoms with Crippen LogP contribution >= 0.6 is 11.6 Å². The molecule has 0 bridgehead atoms. The minimum atomic E-state index is -0.0376. The van der Waals surface area contributed by atoms with Gasteiger partial charge in [0.25, 0.3) is 0 Å². The SMILES string of the molecule is CCc1nccn1C(c1ccccc1Cl)C(C)N. The molecule has 2 rings (SSSR count). The van der Waals surface area contributed by atoms with E-state index in [2.05, 4.69) is 16.5 Å². The zero-order chi connectivity index (χ0) is 13.1. The molecule has 18 heavy (non-hydrogen) atoms. The van der Waals surface area contributed by atoms with Gasteiger partial charge in [-0.15, -0.1) is 0 Å². The Morgan fingerprint density at radius 3 is 2.72 bits per heavy atom. The topological polar surface area (TPSA) is 43.8 Å². The molecule has 4 heteroatoms. The number of nitrogens with two attached hydrogens (primary N) is 1. The lowest BCUT2D eigenvalue weighted by Crippen LogP contribution is -2.31. The molecule has 3 nitrogen and oxygen atoms in total. The zero-order valence-electron chi connectivity index (χ0n) is 10.7. The van der Waals surface area contributed by atoms with Crippen molar-refractivity contribution in [3.05, 3.63) is 53.1 Å². The fourth-order valence-corrected chi connectivity index (χ4v) is 2.52. The first-order valence-electron chi connectivity index (χ1n) is 6.16. The molecule has 2 atom stereocenters. The van der Waals surface area contributed by atoms with Crippen LogP contribution in [0.1, 0.15) is 31.3 Å². The summed E-state index contributed by atoms with van der Waals surface area (Å²) in [6, 6.07) is 7.82. The van der Waals surface area contributed by atoms with Gasteiger partial charge in [-0.05, 0) is 18.6 Å². The molecule has 2 unspecified atom stereocenters. The third-order valence-electron chi connectivity index (χ3n) is 3.09. The van der Waals surface area contributed by atoms with Crippen LogP contribution < -0.4 is 5.73 Å². The minimum Gasteiger partial charge on any atom is -0.326 e. The van der Waals surface area contributed by atoms with E-state index in [0.29, 0.717) is 0 Å². The second-order valence-corrected chi connectivity index (χ2v) is 4.84. The van der Waals surface area contributed by atoms with Crippen molar-refractivity contribution in [2.75, 3.05) is 0 Å². The van der Waals surface area contributed by atoms with Gasteiger partial charge in [0.1, 0.15) is 5.82 Å². The predicted molar refractivity (Wildman–Crippen MR) is 74.8 cm³/mol. The Hall–Kier alpha value is -1.32. The molecule has 0 aliphatic carbocycles. The van der Waals surface area contributed by atoms with Crippen LogP contribution in [0.5, 0.6) is 0 Å². The molecule has 1 aromatic heterocycles. The number of benzene rings is 1. The molecular weight excluding hydrogens is 246 g/mol. The maximum atomic E-state index is 6.29. The van der Waals surface area contributed by atoms with Gasteiger partial charge in [-0.3, -0.25) is 0 Å². The molecule has 0 aliphatic rings. The van der Waals surface area contributed by atoms with Gasteiger partial charge in [0, 0.05) is 29.9 Å². The molecule has 0 radical (unpaired) electrons. The van der Waals surface area contributed by atoms with E-state index in [9.17, 15) is 0 Å². The number of nitrogens with zero attached hydrogens (tertiary/aromatic N) is 2. The van der Waals surface area contributed by atoms with Gasteiger partial charge >= 0.3 is 0 Å². The van der Waals surface area contributed by atoms with Crippen LogP contribution in [0.3, 0.4) is 0 Å². The summed E-state index contributed by atoms with van der Waals surface area (Å²) in [5.41, 5.74) is 7.19. The highest BCUT2D eigenvalue weighted by atomic mass is 35.5. The van der Waals surface area contributed by atoms with Crippen molar-refractivity contribution in [2.24, 2.45) is 5.73 Å². The molecule has 0 spiro atoms. The summed E-state index contributed by atoms with van der Waals surface area (Å²) in [4.78, 5) is 4.36. The smallest absolute Gasteiger partial charge is 0.108 e. The van der Waals surface area contributed by atoms with Crippen LogP contribution in [-0.2, 0) is 6.42 Å². The van der Waals surface area contributed by atoms with E-state index < -0.39 is 0 Å². The Labute approximate surface area is 113 Å². The van der Waals surface area contributed by atoms with Gasteiger partial charge in [0.15, 0.2) is 0 Å². The highest BCUT2D eigenvalue weighted by molar-refractivity contribution is 6.31. The highest BCUT2D eigenvalue weighted by Gasteiger charge is 2.22. The molecule has 1 heterocycles. The third-order valence-corrected chi connectivity index (χ3v) is 3.43. The quantitative estimate of drug-likeness (QED) is 0.921. The molecule has 2 N–H and O–H groups in total. The summed E-state index contributed by atoms with van der Waals surface area (Å²) in [6.07, 6.45) is 4.65. The van der Waals surface area contributed by atoms with Gasteiger partial charge in [-0.25, -0.2) is 4.98 Å². The molecule has 96 valence electrons. The van der Waals surface area contributed by atoms with E-state index >= 15 is 0 Å². The van der Waals surface area contributed by atoms with Crippen LogP contribution in [0.25, 0.3) is 0 Å². The number of rotatable bonds is 4. The first-order valence-corrected chi connectivity index (χ1v) is 6.54. The molecule has 0 amide bonds. The Kier molecular flexibility index (Phi) is 4.04. The van der Waals surface area contributed by atoms with Crippen LogP contribution in [-0.4, -0.2) is 15.6 Å². The Morgan fingerprint density at radius 1 is 1.39 bits per heavy atom. The van der Waals surface area contributed by atoms with E-state index in [0.717, 1.165) is 22.8 Å². The first-order chi connectivity index (χ1) is 8.65. The monoisotopic (exact) mass is 263 g/mol. The normalized spacial score (nSPS) is 14.4. The second-order valence-electron chi connectivity index (χ2n) is 4.43. The standard InChI is InChI=1S/C14H18ClN3/c1-3-13-17-8-9-18(13)14(10(2)16)11-6-4-5-7-12(11)15/h4-10,14H,3,16H2,1-2H3. The highest BCUT2D eigenvalue weighted by Crippen LogP contribution is 2.28. The number of hydrogen-bond acceptors (Lipinski definition) is 2. The van der Waals surface area contributed by atoms with Crippen molar-refractivity contribution < 1.29 is 0 Å². The Morgan fingerprint density at radius 2 is 2.11 bits per heavy atom. The minimum absolute atomic E-state index is 0.0242. The number of hydrogen-bond donors (Lipinski definition) is 1. The lowest BCUT2D eigenvalue weighted by atomic mass is 10.0. The predicted octanol–water partition coefficient (Wildman–Crippen LogP) is 3.04. The van der Waals surface area contributed by atoms with E-state index in [1.807, 2.05) is 43.6 Å². The van der Waals surface area contributed by atoms with Crippen molar-refractivity contribution in [3.63, 3.8) is 0 Å². The number of halogens is 1. The van der Waals surface area contributed by atoms with Gasteiger partial charge in [0.2, 0.25) is 0 Å². The summed E-state index contributed by atoms with van der Waals surface area (Å²) in [6.45, 7) is 4.08. The van der Waals surface area contributed by atoms with E-state index in [1.165, 1.54) is 0 Å². The van der Waals surface area contributed by atoms with Crippen molar-refractivity contribution in [1.29, 1.82) is 0 Å². The van der Waals surface area contributed by atoms with E-state index in [1.54, 1.807) is 0 Å². The molecule has 1 aromatic carbocycles. The summed E-state index contributed by atoms with van der Waals surface area (Å²) >= 11 is 6.29. The number of aryl methyl sites for hydroxylation is 1. The molecule has 0 saturated heterocycles. The first kappa shape index (κ1) is 13.1. The second kappa shape index (κ2) is 5.55. The van der Waals surface area contributed by atoms with Crippen molar-refractivity contribution in [3.8, 4) is 0 Å². The average molecular weight is 264 g/mol. The molecular formula is C14H18ClN3. The van der Waals surface area contributed by atoms with Crippen molar-refractivity contribution in [1.82, 2.24) is 9.55 Å². The van der Waals surface area contributed by atoms with Crippen LogP contribution in [0.2, 0.25) is 5.02 Å². The summed E-state index contributed by atoms with van der Waals surface area (Å²) in [5.74, 6) is 1.03. The average Bonchev–Trinajstić information content (AvgIpc) is 2.79. The molecule has 0 aliphatic heterocycles. The Bertz CT molecular complexity index is 519. The maximum absolute atomic E-state index is 6.29.